The van der Waals surface area contributed by atoms with Crippen molar-refractivity contribution in [2.75, 3.05) is 5.32 Å². The number of hydrogen-bond donors (Lipinski definition) is 2. The van der Waals surface area contributed by atoms with E-state index in [0.29, 0.717) is 5.13 Å². The monoisotopic (exact) mass is 325 g/mol. The normalized spacial score (nSPS) is 10.5. The van der Waals surface area contributed by atoms with E-state index in [0.717, 1.165) is 11.3 Å². The van der Waals surface area contributed by atoms with Crippen LogP contribution >= 0.6 is 11.3 Å². The molecule has 6 heteroatoms. The van der Waals surface area contributed by atoms with Gasteiger partial charge in [0, 0.05) is 23.7 Å². The van der Waals surface area contributed by atoms with Crippen LogP contribution in [0, 0.1) is 6.92 Å². The molecule has 2 N–H and O–H groups in total. The van der Waals surface area contributed by atoms with Crippen molar-refractivity contribution in [1.29, 1.82) is 0 Å². The van der Waals surface area contributed by atoms with E-state index in [4.69, 9.17) is 0 Å². The number of aromatic amines is 1. The zero-order valence-electron chi connectivity index (χ0n) is 12.5. The average Bonchev–Trinajstić information content (AvgIpc) is 2.94. The first-order chi connectivity index (χ1) is 11.1. The number of nitrogens with one attached hydrogen (secondary N) is 2. The summed E-state index contributed by atoms with van der Waals surface area (Å²) in [5.41, 5.74) is 2.07. The summed E-state index contributed by atoms with van der Waals surface area (Å²) in [6.45, 7) is 2.05. The first-order valence-electron chi connectivity index (χ1n) is 7.11. The van der Waals surface area contributed by atoms with Gasteiger partial charge in [-0.1, -0.05) is 29.8 Å². The molecule has 0 fully saturated rings. The quantitative estimate of drug-likeness (QED) is 0.774. The van der Waals surface area contributed by atoms with Crippen LogP contribution in [0.2, 0.25) is 0 Å². The van der Waals surface area contributed by atoms with Gasteiger partial charge >= 0.3 is 0 Å². The van der Waals surface area contributed by atoms with Crippen molar-refractivity contribution in [2.45, 2.75) is 13.3 Å². The maximum absolute atomic E-state index is 12.1. The standard InChI is InChI=1S/C17H15N3O2S/c1-11-4-2-5-12(8-11)9-13-10-19-17(23-13)20-16(22)14-6-3-7-18-15(14)21/h2-8,10H,9H2,1H3,(H,18,21)(H,19,20,22). The summed E-state index contributed by atoms with van der Waals surface area (Å²) in [5.74, 6) is -0.455. The van der Waals surface area contributed by atoms with Gasteiger partial charge in [-0.2, -0.15) is 0 Å². The van der Waals surface area contributed by atoms with E-state index in [-0.39, 0.29) is 5.56 Å². The molecular weight excluding hydrogens is 310 g/mol. The Bertz CT molecular complexity index is 898. The van der Waals surface area contributed by atoms with E-state index in [2.05, 4.69) is 40.4 Å². The largest absolute Gasteiger partial charge is 0.328 e. The Morgan fingerprint density at radius 2 is 2.17 bits per heavy atom. The van der Waals surface area contributed by atoms with Crippen LogP contribution in [0.15, 0.2) is 53.6 Å². The molecule has 1 aromatic carbocycles. The third-order valence-electron chi connectivity index (χ3n) is 3.30. The van der Waals surface area contributed by atoms with Gasteiger partial charge in [0.15, 0.2) is 5.13 Å². The number of aromatic nitrogens is 2. The van der Waals surface area contributed by atoms with Gasteiger partial charge in [-0.25, -0.2) is 4.98 Å². The molecule has 0 aliphatic heterocycles. The lowest BCUT2D eigenvalue weighted by molar-refractivity contribution is 0.102. The van der Waals surface area contributed by atoms with Crippen molar-refractivity contribution in [2.24, 2.45) is 0 Å². The first kappa shape index (κ1) is 15.2. The molecule has 0 bridgehead atoms. The van der Waals surface area contributed by atoms with Crippen molar-refractivity contribution in [3.63, 3.8) is 0 Å². The van der Waals surface area contributed by atoms with Crippen LogP contribution in [-0.4, -0.2) is 15.9 Å². The fourth-order valence-corrected chi connectivity index (χ4v) is 3.08. The number of H-pyrrole nitrogens is 1. The molecule has 2 aromatic heterocycles. The number of carbonyl (C=O) groups is 1. The first-order valence-corrected chi connectivity index (χ1v) is 7.93. The van der Waals surface area contributed by atoms with Crippen molar-refractivity contribution in [1.82, 2.24) is 9.97 Å². The number of hydrogen-bond acceptors (Lipinski definition) is 4. The van der Waals surface area contributed by atoms with E-state index >= 15 is 0 Å². The van der Waals surface area contributed by atoms with Gasteiger partial charge in [-0.15, -0.1) is 11.3 Å². The zero-order chi connectivity index (χ0) is 16.2. The highest BCUT2D eigenvalue weighted by atomic mass is 32.1. The van der Waals surface area contributed by atoms with Gasteiger partial charge in [-0.3, -0.25) is 14.9 Å². The lowest BCUT2D eigenvalue weighted by atomic mass is 10.1. The molecule has 0 unspecified atom stereocenters. The van der Waals surface area contributed by atoms with Gasteiger partial charge < -0.3 is 4.98 Å². The van der Waals surface area contributed by atoms with Crippen LogP contribution in [0.5, 0.6) is 0 Å². The Labute approximate surface area is 137 Å². The molecule has 0 saturated carbocycles. The second kappa shape index (κ2) is 6.58. The molecule has 5 nitrogen and oxygen atoms in total. The van der Waals surface area contributed by atoms with Crippen LogP contribution < -0.4 is 10.9 Å². The topological polar surface area (TPSA) is 74.8 Å². The predicted octanol–water partition coefficient (Wildman–Crippen LogP) is 2.98. The molecule has 3 aromatic rings. The SMILES string of the molecule is Cc1cccc(Cc2cnc(NC(=O)c3ccc[nH]c3=O)s2)c1. The van der Waals surface area contributed by atoms with Crippen LogP contribution in [0.1, 0.15) is 26.4 Å². The fraction of sp³-hybridized carbons (Fsp3) is 0.118. The molecule has 1 amide bonds. The molecule has 0 aliphatic carbocycles. The van der Waals surface area contributed by atoms with Gasteiger partial charge in [0.2, 0.25) is 0 Å². The lowest BCUT2D eigenvalue weighted by Crippen LogP contribution is -2.22. The number of aryl methyl sites for hydroxylation is 1. The van der Waals surface area contributed by atoms with Crippen LogP contribution in [0.25, 0.3) is 0 Å². The molecule has 116 valence electrons. The Morgan fingerprint density at radius 3 is 2.96 bits per heavy atom. The summed E-state index contributed by atoms with van der Waals surface area (Å²) in [7, 11) is 0. The highest BCUT2D eigenvalue weighted by Gasteiger charge is 2.12. The Balaban J connectivity index is 1.71. The van der Waals surface area contributed by atoms with Gasteiger partial charge in [0.25, 0.3) is 11.5 Å². The summed E-state index contributed by atoms with van der Waals surface area (Å²) in [6.07, 6.45) is 4.00. The predicted molar refractivity (Wildman–Crippen MR) is 91.1 cm³/mol. The summed E-state index contributed by atoms with van der Waals surface area (Å²) < 4.78 is 0. The van der Waals surface area contributed by atoms with Crippen molar-refractivity contribution in [3.05, 3.63) is 80.7 Å². The molecule has 23 heavy (non-hydrogen) atoms. The number of carbonyl (C=O) groups excluding carboxylic acids is 1. The number of pyridine rings is 1. The Kier molecular flexibility index (Phi) is 4.34. The minimum atomic E-state index is -0.455. The second-order valence-electron chi connectivity index (χ2n) is 5.16. The Hall–Kier alpha value is -2.73. The van der Waals surface area contributed by atoms with Gasteiger partial charge in [0.05, 0.1) is 0 Å². The Morgan fingerprint density at radius 1 is 1.30 bits per heavy atom. The molecular formula is C17H15N3O2S. The minimum absolute atomic E-state index is 0.0722. The number of amides is 1. The van der Waals surface area contributed by atoms with Crippen molar-refractivity contribution < 1.29 is 4.79 Å². The summed E-state index contributed by atoms with van der Waals surface area (Å²) in [5, 5.41) is 3.15. The number of benzene rings is 1. The van der Waals surface area contributed by atoms with Gasteiger partial charge in [-0.05, 0) is 24.6 Å². The van der Waals surface area contributed by atoms with Crippen molar-refractivity contribution in [3.8, 4) is 0 Å². The summed E-state index contributed by atoms with van der Waals surface area (Å²) in [4.78, 5) is 31.4. The maximum atomic E-state index is 12.1. The minimum Gasteiger partial charge on any atom is -0.328 e. The molecule has 0 aliphatic rings. The van der Waals surface area contributed by atoms with Crippen LogP contribution in [-0.2, 0) is 6.42 Å². The summed E-state index contributed by atoms with van der Waals surface area (Å²) >= 11 is 1.41. The highest BCUT2D eigenvalue weighted by Crippen LogP contribution is 2.21. The number of rotatable bonds is 4. The third kappa shape index (κ3) is 3.73. The molecule has 0 spiro atoms. The molecule has 2 heterocycles. The lowest BCUT2D eigenvalue weighted by Gasteiger charge is -2.00. The smallest absolute Gasteiger partial charge is 0.263 e. The maximum Gasteiger partial charge on any atom is 0.263 e. The van der Waals surface area contributed by atoms with E-state index in [1.165, 1.54) is 34.7 Å². The molecule has 0 atom stereocenters. The molecule has 0 radical (unpaired) electrons. The zero-order valence-corrected chi connectivity index (χ0v) is 13.3. The van der Waals surface area contributed by atoms with Crippen molar-refractivity contribution >= 4 is 22.4 Å². The summed E-state index contributed by atoms with van der Waals surface area (Å²) in [6, 6.07) is 11.4. The second-order valence-corrected chi connectivity index (χ2v) is 6.28. The van der Waals surface area contributed by atoms with Gasteiger partial charge in [0.1, 0.15) is 5.56 Å². The third-order valence-corrected chi connectivity index (χ3v) is 4.21. The van der Waals surface area contributed by atoms with E-state index < -0.39 is 11.5 Å². The van der Waals surface area contributed by atoms with E-state index in [1.54, 1.807) is 12.3 Å². The molecule has 3 rings (SSSR count). The van der Waals surface area contributed by atoms with Crippen LogP contribution in [0.3, 0.4) is 0 Å². The fourth-order valence-electron chi connectivity index (χ4n) is 2.24. The highest BCUT2D eigenvalue weighted by molar-refractivity contribution is 7.15. The van der Waals surface area contributed by atoms with E-state index in [1.807, 2.05) is 6.07 Å². The van der Waals surface area contributed by atoms with Crippen LogP contribution in [0.4, 0.5) is 5.13 Å². The van der Waals surface area contributed by atoms with E-state index in [9.17, 15) is 9.59 Å². The average molecular weight is 325 g/mol. The molecule has 0 saturated heterocycles. The number of anilines is 1. The number of nitrogens with zero attached hydrogens (tertiary/aromatic N) is 1. The number of thiazole rings is 1.